The Morgan fingerprint density at radius 2 is 1.56 bits per heavy atom. The van der Waals surface area contributed by atoms with Crippen LogP contribution in [-0.2, 0) is 14.3 Å². The van der Waals surface area contributed by atoms with Gasteiger partial charge in [0, 0.05) is 6.54 Å². The maximum absolute atomic E-state index is 13.4. The molecule has 0 saturated heterocycles. The fraction of sp³-hybridized carbons (Fsp3) is 0.158. The number of anilines is 1. The van der Waals surface area contributed by atoms with Gasteiger partial charge in [0.1, 0.15) is 5.82 Å². The molecule has 0 aromatic heterocycles. The van der Waals surface area contributed by atoms with Gasteiger partial charge in [-0.05, 0) is 24.3 Å². The van der Waals surface area contributed by atoms with Crippen LogP contribution in [0.25, 0.3) is 0 Å². The molecular weight excluding hydrogens is 355 g/mol. The quantitative estimate of drug-likeness (QED) is 0.620. The Morgan fingerprint density at radius 1 is 0.963 bits per heavy atom. The average molecular weight is 370 g/mol. The van der Waals surface area contributed by atoms with Crippen molar-refractivity contribution in [3.05, 3.63) is 65.5 Å². The van der Waals surface area contributed by atoms with Gasteiger partial charge in [-0.25, -0.2) is 4.39 Å². The highest BCUT2D eigenvalue weighted by Crippen LogP contribution is 2.22. The third-order valence-electron chi connectivity index (χ3n) is 3.93. The smallest absolute Gasteiger partial charge is 0.308 e. The number of halogens is 1. The molecule has 0 unspecified atom stereocenters. The average Bonchev–Trinajstić information content (AvgIpc) is 2.91. The van der Waals surface area contributed by atoms with Crippen molar-refractivity contribution in [2.45, 2.75) is 6.42 Å². The van der Waals surface area contributed by atoms with Crippen LogP contribution in [0.2, 0.25) is 0 Å². The van der Waals surface area contributed by atoms with Crippen molar-refractivity contribution < 1.29 is 28.3 Å². The summed E-state index contributed by atoms with van der Waals surface area (Å²) >= 11 is 0. The van der Waals surface area contributed by atoms with Gasteiger partial charge in [0.25, 0.3) is 17.7 Å². The number of carbonyl (C=O) groups excluding carboxylic acids is 4. The summed E-state index contributed by atoms with van der Waals surface area (Å²) in [5.41, 5.74) is 0.560. The van der Waals surface area contributed by atoms with Crippen molar-refractivity contribution in [1.82, 2.24) is 4.90 Å². The van der Waals surface area contributed by atoms with Crippen molar-refractivity contribution in [3.8, 4) is 0 Å². The molecule has 2 aromatic carbocycles. The topological polar surface area (TPSA) is 92.8 Å². The number of hydrogen-bond donors (Lipinski definition) is 1. The number of fused-ring (bicyclic) bond motifs is 1. The SMILES string of the molecule is O=C(COC(=O)CCN1C(=O)c2ccccc2C1=O)Nc1ccccc1F. The van der Waals surface area contributed by atoms with Gasteiger partial charge in [0.2, 0.25) is 0 Å². The molecule has 0 bridgehead atoms. The van der Waals surface area contributed by atoms with Gasteiger partial charge < -0.3 is 10.1 Å². The number of imide groups is 1. The zero-order valence-electron chi connectivity index (χ0n) is 14.1. The lowest BCUT2D eigenvalue weighted by atomic mass is 10.1. The van der Waals surface area contributed by atoms with Crippen molar-refractivity contribution in [2.24, 2.45) is 0 Å². The second kappa shape index (κ2) is 7.77. The Morgan fingerprint density at radius 3 is 2.19 bits per heavy atom. The number of nitrogens with one attached hydrogen (secondary N) is 1. The summed E-state index contributed by atoms with van der Waals surface area (Å²) in [6, 6.07) is 12.0. The van der Waals surface area contributed by atoms with Crippen LogP contribution >= 0.6 is 0 Å². The fourth-order valence-electron chi connectivity index (χ4n) is 2.61. The number of esters is 1. The monoisotopic (exact) mass is 370 g/mol. The van der Waals surface area contributed by atoms with E-state index in [1.807, 2.05) is 0 Å². The van der Waals surface area contributed by atoms with E-state index in [0.29, 0.717) is 11.1 Å². The third kappa shape index (κ3) is 4.00. The van der Waals surface area contributed by atoms with Crippen LogP contribution in [0.4, 0.5) is 10.1 Å². The molecule has 1 N–H and O–H groups in total. The molecule has 0 spiro atoms. The van der Waals surface area contributed by atoms with Gasteiger partial charge in [-0.3, -0.25) is 24.1 Å². The van der Waals surface area contributed by atoms with E-state index in [1.54, 1.807) is 30.3 Å². The van der Waals surface area contributed by atoms with Crippen LogP contribution in [0.1, 0.15) is 27.1 Å². The molecule has 0 fully saturated rings. The minimum atomic E-state index is -0.754. The van der Waals surface area contributed by atoms with E-state index in [2.05, 4.69) is 5.32 Å². The highest BCUT2D eigenvalue weighted by atomic mass is 19.1. The molecule has 8 heteroatoms. The van der Waals surface area contributed by atoms with Gasteiger partial charge in [-0.15, -0.1) is 0 Å². The number of carbonyl (C=O) groups is 4. The Hall–Kier alpha value is -3.55. The largest absolute Gasteiger partial charge is 0.456 e. The van der Waals surface area contributed by atoms with Crippen LogP contribution in [0.15, 0.2) is 48.5 Å². The first kappa shape index (κ1) is 18.2. The molecule has 2 aromatic rings. The summed E-state index contributed by atoms with van der Waals surface area (Å²) < 4.78 is 18.2. The first-order valence-corrected chi connectivity index (χ1v) is 8.12. The number of nitrogens with zero attached hydrogens (tertiary/aromatic N) is 1. The predicted octanol–water partition coefficient (Wildman–Crippen LogP) is 1.99. The molecule has 0 aliphatic carbocycles. The van der Waals surface area contributed by atoms with E-state index in [1.165, 1.54) is 18.2 Å². The number of hydrogen-bond acceptors (Lipinski definition) is 5. The van der Waals surface area contributed by atoms with E-state index in [0.717, 1.165) is 4.90 Å². The normalized spacial score (nSPS) is 12.7. The Kier molecular flexibility index (Phi) is 5.25. The second-order valence-electron chi connectivity index (χ2n) is 5.75. The fourth-order valence-corrected chi connectivity index (χ4v) is 2.61. The van der Waals surface area contributed by atoms with Crippen molar-refractivity contribution >= 4 is 29.4 Å². The minimum absolute atomic E-state index is 0.0235. The van der Waals surface area contributed by atoms with Crippen LogP contribution < -0.4 is 5.32 Å². The molecule has 27 heavy (non-hydrogen) atoms. The van der Waals surface area contributed by atoms with E-state index < -0.39 is 36.1 Å². The highest BCUT2D eigenvalue weighted by molar-refractivity contribution is 6.21. The third-order valence-corrected chi connectivity index (χ3v) is 3.93. The van der Waals surface area contributed by atoms with Gasteiger partial charge >= 0.3 is 5.97 Å². The Bertz CT molecular complexity index is 893. The van der Waals surface area contributed by atoms with E-state index in [-0.39, 0.29) is 18.7 Å². The molecule has 0 radical (unpaired) electrons. The summed E-state index contributed by atoms with van der Waals surface area (Å²) in [5.74, 6) is -3.01. The van der Waals surface area contributed by atoms with Crippen LogP contribution in [0.3, 0.4) is 0 Å². The number of para-hydroxylation sites is 1. The maximum Gasteiger partial charge on any atom is 0.308 e. The van der Waals surface area contributed by atoms with E-state index >= 15 is 0 Å². The Labute approximate surface area is 153 Å². The van der Waals surface area contributed by atoms with Crippen molar-refractivity contribution in [2.75, 3.05) is 18.5 Å². The maximum atomic E-state index is 13.4. The van der Waals surface area contributed by atoms with Gasteiger partial charge in [-0.1, -0.05) is 24.3 Å². The number of amides is 3. The molecule has 138 valence electrons. The van der Waals surface area contributed by atoms with Crippen LogP contribution in [0, 0.1) is 5.82 Å². The molecule has 0 saturated carbocycles. The summed E-state index contributed by atoms with van der Waals surface area (Å²) in [5, 5.41) is 2.28. The summed E-state index contributed by atoms with van der Waals surface area (Å²) in [6.45, 7) is -0.755. The molecule has 1 heterocycles. The lowest BCUT2D eigenvalue weighted by Gasteiger charge is -2.13. The Balaban J connectivity index is 1.47. The van der Waals surface area contributed by atoms with Crippen LogP contribution in [0.5, 0.6) is 0 Å². The first-order valence-electron chi connectivity index (χ1n) is 8.12. The van der Waals surface area contributed by atoms with Gasteiger partial charge in [0.05, 0.1) is 23.2 Å². The summed E-state index contributed by atoms with van der Waals surface area (Å²) in [4.78, 5) is 48.8. The first-order chi connectivity index (χ1) is 13.0. The van der Waals surface area contributed by atoms with E-state index in [9.17, 15) is 23.6 Å². The summed E-state index contributed by atoms with van der Waals surface area (Å²) in [7, 11) is 0. The summed E-state index contributed by atoms with van der Waals surface area (Å²) in [6.07, 6.45) is -0.252. The minimum Gasteiger partial charge on any atom is -0.456 e. The lowest BCUT2D eigenvalue weighted by molar-refractivity contribution is -0.147. The van der Waals surface area contributed by atoms with E-state index in [4.69, 9.17) is 4.74 Å². The standard InChI is InChI=1S/C19H15FN2O5/c20-14-7-3-4-8-15(14)21-16(23)11-27-17(24)9-10-22-18(25)12-5-1-2-6-13(12)19(22)26/h1-8H,9-11H2,(H,21,23). The van der Waals surface area contributed by atoms with Gasteiger partial charge in [0.15, 0.2) is 6.61 Å². The second-order valence-corrected chi connectivity index (χ2v) is 5.75. The highest BCUT2D eigenvalue weighted by Gasteiger charge is 2.35. The molecule has 0 atom stereocenters. The number of benzene rings is 2. The molecular formula is C19H15FN2O5. The van der Waals surface area contributed by atoms with Crippen LogP contribution in [-0.4, -0.2) is 41.7 Å². The zero-order chi connectivity index (χ0) is 19.4. The molecule has 7 nitrogen and oxygen atoms in total. The molecule has 3 amide bonds. The molecule has 1 aliphatic rings. The number of rotatable bonds is 6. The number of ether oxygens (including phenoxy) is 1. The zero-order valence-corrected chi connectivity index (χ0v) is 14.1. The molecule has 1 aliphatic heterocycles. The molecule has 3 rings (SSSR count). The van der Waals surface area contributed by atoms with Crippen molar-refractivity contribution in [1.29, 1.82) is 0 Å². The predicted molar refractivity (Wildman–Crippen MR) is 92.4 cm³/mol. The van der Waals surface area contributed by atoms with Crippen molar-refractivity contribution in [3.63, 3.8) is 0 Å². The lowest BCUT2D eigenvalue weighted by Crippen LogP contribution is -2.32. The van der Waals surface area contributed by atoms with Gasteiger partial charge in [-0.2, -0.15) is 0 Å².